The van der Waals surface area contributed by atoms with Gasteiger partial charge in [-0.3, -0.25) is 4.90 Å². The first-order chi connectivity index (χ1) is 11.2. The molecule has 0 unspecified atom stereocenters. The highest BCUT2D eigenvalue weighted by Crippen LogP contribution is 2.35. The standard InChI is InChI=1S/C18H24ClN3O/c19-16-5-4-6-17(15(16)13-20)21-14-18(7-2-1-3-8-18)22-9-11-23-12-10-22/h4-6,21H,1-3,7-12,14H2. The van der Waals surface area contributed by atoms with Crippen LogP contribution in [0.15, 0.2) is 18.2 Å². The number of nitriles is 1. The molecule has 124 valence electrons. The molecule has 1 aromatic rings. The van der Waals surface area contributed by atoms with Gasteiger partial charge in [-0.15, -0.1) is 0 Å². The van der Waals surface area contributed by atoms with Gasteiger partial charge in [0.05, 0.1) is 29.5 Å². The zero-order chi connectivity index (χ0) is 16.1. The van der Waals surface area contributed by atoms with Crippen molar-refractivity contribution in [1.29, 1.82) is 5.26 Å². The first kappa shape index (κ1) is 16.6. The van der Waals surface area contributed by atoms with Gasteiger partial charge in [0.25, 0.3) is 0 Å². The molecule has 1 saturated carbocycles. The first-order valence-corrected chi connectivity index (χ1v) is 8.88. The summed E-state index contributed by atoms with van der Waals surface area (Å²) in [5.74, 6) is 0. The van der Waals surface area contributed by atoms with Gasteiger partial charge in [-0.25, -0.2) is 0 Å². The van der Waals surface area contributed by atoms with Gasteiger partial charge in [-0.2, -0.15) is 5.26 Å². The largest absolute Gasteiger partial charge is 0.382 e. The number of rotatable bonds is 4. The van der Waals surface area contributed by atoms with E-state index in [0.29, 0.717) is 10.6 Å². The molecule has 1 N–H and O–H groups in total. The minimum atomic E-state index is 0.178. The minimum Gasteiger partial charge on any atom is -0.382 e. The molecule has 1 heterocycles. The number of hydrogen-bond acceptors (Lipinski definition) is 4. The summed E-state index contributed by atoms with van der Waals surface area (Å²) >= 11 is 6.14. The third-order valence-corrected chi connectivity index (χ3v) is 5.51. The van der Waals surface area contributed by atoms with Crippen LogP contribution in [0.4, 0.5) is 5.69 Å². The van der Waals surface area contributed by atoms with Gasteiger partial charge >= 0.3 is 0 Å². The first-order valence-electron chi connectivity index (χ1n) is 8.50. The van der Waals surface area contributed by atoms with Crippen molar-refractivity contribution < 1.29 is 4.74 Å². The normalized spacial score (nSPS) is 21.6. The Labute approximate surface area is 143 Å². The van der Waals surface area contributed by atoms with Crippen molar-refractivity contribution in [2.45, 2.75) is 37.6 Å². The molecule has 0 aromatic heterocycles. The van der Waals surface area contributed by atoms with Crippen LogP contribution in [0, 0.1) is 11.3 Å². The molecule has 0 spiro atoms. The van der Waals surface area contributed by atoms with Crippen molar-refractivity contribution in [3.05, 3.63) is 28.8 Å². The Morgan fingerprint density at radius 3 is 2.65 bits per heavy atom. The number of benzene rings is 1. The van der Waals surface area contributed by atoms with Crippen molar-refractivity contribution in [1.82, 2.24) is 4.90 Å². The number of anilines is 1. The molecule has 2 fully saturated rings. The van der Waals surface area contributed by atoms with E-state index in [0.717, 1.165) is 38.5 Å². The average Bonchev–Trinajstić information content (AvgIpc) is 2.61. The topological polar surface area (TPSA) is 48.3 Å². The van der Waals surface area contributed by atoms with Gasteiger partial charge in [0, 0.05) is 25.2 Å². The van der Waals surface area contributed by atoms with E-state index in [1.807, 2.05) is 12.1 Å². The van der Waals surface area contributed by atoms with E-state index in [4.69, 9.17) is 16.3 Å². The second kappa shape index (κ2) is 7.53. The van der Waals surface area contributed by atoms with Crippen LogP contribution in [0.1, 0.15) is 37.7 Å². The third kappa shape index (κ3) is 3.63. The Morgan fingerprint density at radius 1 is 1.22 bits per heavy atom. The number of ether oxygens (including phenoxy) is 1. The van der Waals surface area contributed by atoms with Gasteiger partial charge in [-0.05, 0) is 25.0 Å². The van der Waals surface area contributed by atoms with Crippen LogP contribution in [0.5, 0.6) is 0 Å². The van der Waals surface area contributed by atoms with Gasteiger partial charge in [-0.1, -0.05) is 36.9 Å². The van der Waals surface area contributed by atoms with Gasteiger partial charge in [0.2, 0.25) is 0 Å². The fourth-order valence-electron chi connectivity index (χ4n) is 3.90. The molecular weight excluding hydrogens is 310 g/mol. The van der Waals surface area contributed by atoms with Gasteiger partial charge in [0.15, 0.2) is 0 Å². The average molecular weight is 334 g/mol. The van der Waals surface area contributed by atoms with Crippen LogP contribution in [0.2, 0.25) is 5.02 Å². The lowest BCUT2D eigenvalue weighted by Crippen LogP contribution is -2.58. The van der Waals surface area contributed by atoms with Crippen molar-refractivity contribution >= 4 is 17.3 Å². The summed E-state index contributed by atoms with van der Waals surface area (Å²) in [4.78, 5) is 2.60. The van der Waals surface area contributed by atoms with Crippen molar-refractivity contribution in [3.63, 3.8) is 0 Å². The van der Waals surface area contributed by atoms with Crippen LogP contribution < -0.4 is 5.32 Å². The molecule has 1 aromatic carbocycles. The van der Waals surface area contributed by atoms with E-state index >= 15 is 0 Å². The number of nitrogens with zero attached hydrogens (tertiary/aromatic N) is 2. The summed E-state index contributed by atoms with van der Waals surface area (Å²) in [6.45, 7) is 4.51. The highest BCUT2D eigenvalue weighted by Gasteiger charge is 2.38. The summed E-state index contributed by atoms with van der Waals surface area (Å²) < 4.78 is 5.53. The van der Waals surface area contributed by atoms with Crippen LogP contribution in [0.3, 0.4) is 0 Å². The molecule has 23 heavy (non-hydrogen) atoms. The van der Waals surface area contributed by atoms with Gasteiger partial charge in [0.1, 0.15) is 6.07 Å². The lowest BCUT2D eigenvalue weighted by Gasteiger charge is -2.48. The summed E-state index contributed by atoms with van der Waals surface area (Å²) in [5.41, 5.74) is 1.57. The predicted octanol–water partition coefficient (Wildman–Crippen LogP) is 3.66. The fourth-order valence-corrected chi connectivity index (χ4v) is 4.11. The highest BCUT2D eigenvalue weighted by atomic mass is 35.5. The number of halogens is 1. The summed E-state index contributed by atoms with van der Waals surface area (Å²) in [6, 6.07) is 7.82. The second-order valence-electron chi connectivity index (χ2n) is 6.51. The van der Waals surface area contributed by atoms with Crippen LogP contribution in [-0.2, 0) is 4.74 Å². The van der Waals surface area contributed by atoms with E-state index in [9.17, 15) is 5.26 Å². The molecular formula is C18H24ClN3O. The van der Waals surface area contributed by atoms with Crippen molar-refractivity contribution in [3.8, 4) is 6.07 Å². The molecule has 0 atom stereocenters. The Hall–Kier alpha value is -1.28. The minimum absolute atomic E-state index is 0.178. The SMILES string of the molecule is N#Cc1c(Cl)cccc1NCC1(N2CCOCC2)CCCCC1. The third-order valence-electron chi connectivity index (χ3n) is 5.20. The molecule has 5 heteroatoms. The summed E-state index contributed by atoms with van der Waals surface area (Å²) in [6.07, 6.45) is 6.30. The molecule has 4 nitrogen and oxygen atoms in total. The molecule has 3 rings (SSSR count). The number of nitrogens with one attached hydrogen (secondary N) is 1. The molecule has 0 radical (unpaired) electrons. The quantitative estimate of drug-likeness (QED) is 0.913. The zero-order valence-electron chi connectivity index (χ0n) is 13.5. The van der Waals surface area contributed by atoms with E-state index in [1.165, 1.54) is 32.1 Å². The van der Waals surface area contributed by atoms with E-state index in [-0.39, 0.29) is 5.54 Å². The smallest absolute Gasteiger partial charge is 0.103 e. The molecule has 1 saturated heterocycles. The molecule has 0 amide bonds. The van der Waals surface area contributed by atoms with E-state index < -0.39 is 0 Å². The second-order valence-corrected chi connectivity index (χ2v) is 6.92. The molecule has 0 bridgehead atoms. The number of morpholine rings is 1. The Morgan fingerprint density at radius 2 is 1.96 bits per heavy atom. The molecule has 1 aliphatic heterocycles. The predicted molar refractivity (Wildman–Crippen MR) is 92.9 cm³/mol. The Balaban J connectivity index is 1.77. The van der Waals surface area contributed by atoms with Crippen LogP contribution >= 0.6 is 11.6 Å². The van der Waals surface area contributed by atoms with Crippen molar-refractivity contribution in [2.75, 3.05) is 38.2 Å². The number of hydrogen-bond donors (Lipinski definition) is 1. The molecule has 2 aliphatic rings. The lowest BCUT2D eigenvalue weighted by atomic mass is 9.79. The van der Waals surface area contributed by atoms with Crippen LogP contribution in [-0.4, -0.2) is 43.3 Å². The van der Waals surface area contributed by atoms with Crippen LogP contribution in [0.25, 0.3) is 0 Å². The lowest BCUT2D eigenvalue weighted by molar-refractivity contribution is -0.0318. The van der Waals surface area contributed by atoms with Gasteiger partial charge < -0.3 is 10.1 Å². The maximum atomic E-state index is 9.35. The van der Waals surface area contributed by atoms with Crippen molar-refractivity contribution in [2.24, 2.45) is 0 Å². The highest BCUT2D eigenvalue weighted by molar-refractivity contribution is 6.32. The maximum Gasteiger partial charge on any atom is 0.103 e. The molecule has 1 aliphatic carbocycles. The summed E-state index contributed by atoms with van der Waals surface area (Å²) in [7, 11) is 0. The van der Waals surface area contributed by atoms with E-state index in [2.05, 4.69) is 16.3 Å². The zero-order valence-corrected chi connectivity index (χ0v) is 14.2. The van der Waals surface area contributed by atoms with E-state index in [1.54, 1.807) is 6.07 Å². The fraction of sp³-hybridized carbons (Fsp3) is 0.611. The summed E-state index contributed by atoms with van der Waals surface area (Å²) in [5, 5.41) is 13.4. The Kier molecular flexibility index (Phi) is 5.42. The monoisotopic (exact) mass is 333 g/mol. The Bertz CT molecular complexity index is 572. The maximum absolute atomic E-state index is 9.35.